The molecule has 2 heterocycles. The van der Waals surface area contributed by atoms with Crippen LogP contribution in [0.3, 0.4) is 0 Å². The molecule has 0 atom stereocenters. The maximum absolute atomic E-state index is 4.17. The van der Waals surface area contributed by atoms with Crippen LogP contribution in [0.4, 0.5) is 5.82 Å². The normalized spacial score (nSPS) is 10.4. The van der Waals surface area contributed by atoms with Crippen LogP contribution >= 0.6 is 27.3 Å². The minimum Gasteiger partial charge on any atom is -0.365 e. The van der Waals surface area contributed by atoms with Crippen molar-refractivity contribution >= 4 is 43.3 Å². The van der Waals surface area contributed by atoms with Gasteiger partial charge in [0.25, 0.3) is 0 Å². The van der Waals surface area contributed by atoms with E-state index in [1.54, 1.807) is 17.7 Å². The monoisotopic (exact) mass is 269 g/mol. The van der Waals surface area contributed by atoms with Gasteiger partial charge in [-0.2, -0.15) is 0 Å². The third kappa shape index (κ3) is 1.93. The fraction of sp³-hybridized carbons (Fsp3) is 0.111. The van der Waals surface area contributed by atoms with Crippen LogP contribution in [0.15, 0.2) is 28.8 Å². The summed E-state index contributed by atoms with van der Waals surface area (Å²) >= 11 is 4.90. The first-order valence-corrected chi connectivity index (χ1v) is 5.70. The summed E-state index contributed by atoms with van der Waals surface area (Å²) in [5.74, 6) is 0.858. The molecule has 2 aromatic heterocycles. The van der Waals surface area contributed by atoms with Gasteiger partial charge in [-0.1, -0.05) is 22.5 Å². The Balaban J connectivity index is 2.32. The Bertz CT molecular complexity index is 466. The van der Waals surface area contributed by atoms with E-state index >= 15 is 0 Å². The third-order valence-electron chi connectivity index (χ3n) is 1.71. The predicted octanol–water partition coefficient (Wildman–Crippen LogP) is 3.01. The van der Waals surface area contributed by atoms with Gasteiger partial charge in [-0.25, -0.2) is 9.97 Å². The fourth-order valence-corrected chi connectivity index (χ4v) is 1.98. The van der Waals surface area contributed by atoms with Crippen molar-refractivity contribution in [1.29, 1.82) is 0 Å². The molecule has 0 saturated heterocycles. The molecule has 2 aromatic rings. The molecule has 72 valence electrons. The van der Waals surface area contributed by atoms with Gasteiger partial charge in [-0.05, 0) is 11.4 Å². The second-order valence-corrected chi connectivity index (χ2v) is 4.75. The summed E-state index contributed by atoms with van der Waals surface area (Å²) in [5, 5.41) is 6.25. The molecule has 0 spiro atoms. The number of fused-ring (bicyclic) bond motifs is 1. The number of hydrogen-bond acceptors (Lipinski definition) is 4. The predicted molar refractivity (Wildman–Crippen MR) is 64.0 cm³/mol. The highest BCUT2D eigenvalue weighted by Crippen LogP contribution is 2.23. The summed E-state index contributed by atoms with van der Waals surface area (Å²) in [6.07, 6.45) is 1.57. The number of halogens is 1. The Morgan fingerprint density at radius 2 is 2.43 bits per heavy atom. The molecular weight excluding hydrogens is 262 g/mol. The lowest BCUT2D eigenvalue weighted by atomic mass is 10.4. The largest absolute Gasteiger partial charge is 0.365 e. The van der Waals surface area contributed by atoms with E-state index in [2.05, 4.69) is 37.8 Å². The minimum absolute atomic E-state index is 0.669. The number of hydrogen-bond donors (Lipinski definition) is 1. The molecule has 5 heteroatoms. The summed E-state index contributed by atoms with van der Waals surface area (Å²) in [6.45, 7) is 4.42. The lowest BCUT2D eigenvalue weighted by molar-refractivity contribution is 1.19. The van der Waals surface area contributed by atoms with E-state index in [1.165, 1.54) is 0 Å². The maximum atomic E-state index is 4.17. The van der Waals surface area contributed by atoms with Crippen molar-refractivity contribution in [2.45, 2.75) is 0 Å². The molecule has 2 rings (SSSR count). The Hall–Kier alpha value is -0.940. The zero-order valence-electron chi connectivity index (χ0n) is 7.33. The smallest absolute Gasteiger partial charge is 0.138 e. The van der Waals surface area contributed by atoms with Crippen molar-refractivity contribution in [3.63, 3.8) is 0 Å². The average molecular weight is 270 g/mol. The number of rotatable bonds is 3. The Kier molecular flexibility index (Phi) is 2.79. The standard InChI is InChI=1S/C9H8BrN3S/c1-6(10)4-11-8-7-2-3-14-9(7)13-5-12-8/h2-3,5H,1,4H2,(H,11,12,13). The molecule has 0 aliphatic carbocycles. The molecule has 0 fully saturated rings. The number of nitrogens with zero attached hydrogens (tertiary/aromatic N) is 2. The fourth-order valence-electron chi connectivity index (χ4n) is 1.11. The van der Waals surface area contributed by atoms with Crippen LogP contribution in [-0.4, -0.2) is 16.5 Å². The quantitative estimate of drug-likeness (QED) is 0.931. The van der Waals surface area contributed by atoms with Crippen LogP contribution in [0.1, 0.15) is 0 Å². The molecule has 0 radical (unpaired) electrons. The van der Waals surface area contributed by atoms with Gasteiger partial charge in [0, 0.05) is 11.0 Å². The van der Waals surface area contributed by atoms with Crippen LogP contribution in [0.2, 0.25) is 0 Å². The Morgan fingerprint density at radius 3 is 3.21 bits per heavy atom. The maximum Gasteiger partial charge on any atom is 0.138 e. The minimum atomic E-state index is 0.669. The molecule has 0 amide bonds. The van der Waals surface area contributed by atoms with Crippen molar-refractivity contribution < 1.29 is 0 Å². The topological polar surface area (TPSA) is 37.8 Å². The van der Waals surface area contributed by atoms with Gasteiger partial charge in [-0.3, -0.25) is 0 Å². The second kappa shape index (κ2) is 4.06. The molecule has 0 aliphatic rings. The van der Waals surface area contributed by atoms with Crippen LogP contribution in [0.25, 0.3) is 10.2 Å². The van der Waals surface area contributed by atoms with Crippen LogP contribution in [-0.2, 0) is 0 Å². The molecule has 0 bridgehead atoms. The van der Waals surface area contributed by atoms with Crippen molar-refractivity contribution in [3.05, 3.63) is 28.8 Å². The van der Waals surface area contributed by atoms with Crippen LogP contribution < -0.4 is 5.32 Å². The molecule has 3 nitrogen and oxygen atoms in total. The van der Waals surface area contributed by atoms with Crippen molar-refractivity contribution in [1.82, 2.24) is 9.97 Å². The first-order chi connectivity index (χ1) is 6.77. The summed E-state index contributed by atoms with van der Waals surface area (Å²) in [4.78, 5) is 9.34. The SMILES string of the molecule is C=C(Br)CNc1ncnc2sccc12. The third-order valence-corrected chi connectivity index (χ3v) is 2.81. The highest BCUT2D eigenvalue weighted by molar-refractivity contribution is 9.11. The highest BCUT2D eigenvalue weighted by Gasteiger charge is 2.03. The van der Waals surface area contributed by atoms with Gasteiger partial charge in [0.2, 0.25) is 0 Å². The van der Waals surface area contributed by atoms with Crippen LogP contribution in [0.5, 0.6) is 0 Å². The molecule has 0 aromatic carbocycles. The van der Waals surface area contributed by atoms with E-state index in [0.717, 1.165) is 20.5 Å². The molecular formula is C9H8BrN3S. The summed E-state index contributed by atoms with van der Waals surface area (Å²) in [5.41, 5.74) is 0. The summed E-state index contributed by atoms with van der Waals surface area (Å²) in [7, 11) is 0. The summed E-state index contributed by atoms with van der Waals surface area (Å²) in [6, 6.07) is 2.01. The van der Waals surface area contributed by atoms with Crippen molar-refractivity contribution in [3.8, 4) is 0 Å². The molecule has 14 heavy (non-hydrogen) atoms. The Morgan fingerprint density at radius 1 is 1.57 bits per heavy atom. The van der Waals surface area contributed by atoms with Gasteiger partial charge in [0.05, 0.1) is 5.39 Å². The molecule has 0 aliphatic heterocycles. The van der Waals surface area contributed by atoms with Crippen molar-refractivity contribution in [2.75, 3.05) is 11.9 Å². The van der Waals surface area contributed by atoms with E-state index in [1.807, 2.05) is 11.4 Å². The van der Waals surface area contributed by atoms with E-state index in [4.69, 9.17) is 0 Å². The lowest BCUT2D eigenvalue weighted by Crippen LogP contribution is -2.02. The van der Waals surface area contributed by atoms with E-state index < -0.39 is 0 Å². The second-order valence-electron chi connectivity index (χ2n) is 2.73. The highest BCUT2D eigenvalue weighted by atomic mass is 79.9. The zero-order valence-corrected chi connectivity index (χ0v) is 9.73. The number of nitrogens with one attached hydrogen (secondary N) is 1. The molecule has 1 N–H and O–H groups in total. The van der Waals surface area contributed by atoms with Gasteiger partial charge < -0.3 is 5.32 Å². The van der Waals surface area contributed by atoms with Gasteiger partial charge in [-0.15, -0.1) is 11.3 Å². The lowest BCUT2D eigenvalue weighted by Gasteiger charge is -2.04. The van der Waals surface area contributed by atoms with E-state index in [0.29, 0.717) is 6.54 Å². The summed E-state index contributed by atoms with van der Waals surface area (Å²) < 4.78 is 0.902. The van der Waals surface area contributed by atoms with Gasteiger partial charge >= 0.3 is 0 Å². The van der Waals surface area contributed by atoms with E-state index in [9.17, 15) is 0 Å². The van der Waals surface area contributed by atoms with Gasteiger partial charge in [0.15, 0.2) is 0 Å². The molecule has 0 unspecified atom stereocenters. The zero-order chi connectivity index (χ0) is 9.97. The number of anilines is 1. The van der Waals surface area contributed by atoms with Crippen LogP contribution in [0, 0.1) is 0 Å². The number of thiophene rings is 1. The van der Waals surface area contributed by atoms with Crippen molar-refractivity contribution in [2.24, 2.45) is 0 Å². The molecule has 0 saturated carbocycles. The Labute approximate surface area is 94.0 Å². The first-order valence-electron chi connectivity index (χ1n) is 4.03. The van der Waals surface area contributed by atoms with E-state index in [-0.39, 0.29) is 0 Å². The first kappa shape index (κ1) is 9.61. The van der Waals surface area contributed by atoms with Gasteiger partial charge in [0.1, 0.15) is 17.0 Å². The number of aromatic nitrogens is 2. The average Bonchev–Trinajstić information content (AvgIpc) is 2.62.